The molecule has 0 saturated carbocycles. The van der Waals surface area contributed by atoms with Gasteiger partial charge < -0.3 is 9.47 Å². The lowest BCUT2D eigenvalue weighted by molar-refractivity contribution is -0.122. The van der Waals surface area contributed by atoms with Crippen LogP contribution in [0.2, 0.25) is 0 Å². The Morgan fingerprint density at radius 3 is 2.34 bits per heavy atom. The molecule has 3 aromatic rings. The molecule has 2 aliphatic rings. The molecule has 29 heavy (non-hydrogen) atoms. The van der Waals surface area contributed by atoms with Gasteiger partial charge in [-0.15, -0.1) is 0 Å². The van der Waals surface area contributed by atoms with Crippen molar-refractivity contribution in [2.24, 2.45) is 0 Å². The second kappa shape index (κ2) is 6.64. The zero-order chi connectivity index (χ0) is 20.0. The van der Waals surface area contributed by atoms with E-state index >= 15 is 0 Å². The monoisotopic (exact) mass is 386 g/mol. The van der Waals surface area contributed by atoms with Gasteiger partial charge in [-0.3, -0.25) is 15.0 Å². The summed E-state index contributed by atoms with van der Waals surface area (Å²) < 4.78 is 11.1. The Morgan fingerprint density at radius 1 is 0.897 bits per heavy atom. The second-order valence-electron chi connectivity index (χ2n) is 7.28. The van der Waals surface area contributed by atoms with Crippen molar-refractivity contribution < 1.29 is 14.3 Å². The van der Waals surface area contributed by atoms with Crippen LogP contribution in [-0.2, 0) is 16.8 Å². The fourth-order valence-electron chi connectivity index (χ4n) is 4.60. The lowest BCUT2D eigenvalue weighted by Crippen LogP contribution is -2.54. The van der Waals surface area contributed by atoms with Crippen LogP contribution in [0.25, 0.3) is 0 Å². The molecule has 0 radical (unpaired) electrons. The minimum atomic E-state index is -0.945. The number of benzene rings is 3. The van der Waals surface area contributed by atoms with Gasteiger partial charge in [0.1, 0.15) is 0 Å². The minimum absolute atomic E-state index is 0.00179. The quantitative estimate of drug-likeness (QED) is 0.745. The first kappa shape index (κ1) is 17.8. The van der Waals surface area contributed by atoms with Gasteiger partial charge >= 0.3 is 0 Å². The third kappa shape index (κ3) is 2.41. The summed E-state index contributed by atoms with van der Waals surface area (Å²) >= 11 is 0. The third-order valence-electron chi connectivity index (χ3n) is 5.89. The smallest absolute Gasteiger partial charge is 0.261 e. The molecule has 3 aromatic carbocycles. The Morgan fingerprint density at radius 2 is 1.59 bits per heavy atom. The van der Waals surface area contributed by atoms with E-state index < -0.39 is 5.54 Å². The molecule has 1 spiro atoms. The van der Waals surface area contributed by atoms with Gasteiger partial charge in [-0.1, -0.05) is 36.4 Å². The number of nitrogens with zero attached hydrogens (tertiary/aromatic N) is 1. The highest BCUT2D eigenvalue weighted by atomic mass is 16.5. The predicted octanol–water partition coefficient (Wildman–Crippen LogP) is 3.77. The molecule has 5 rings (SSSR count). The van der Waals surface area contributed by atoms with Crippen molar-refractivity contribution >= 4 is 17.3 Å². The van der Waals surface area contributed by atoms with E-state index in [1.807, 2.05) is 71.6 Å². The molecule has 5 heteroatoms. The van der Waals surface area contributed by atoms with Gasteiger partial charge in [-0.25, -0.2) is 0 Å². The Kier molecular flexibility index (Phi) is 4.07. The number of para-hydroxylation sites is 2. The molecular formula is C24H22N2O3. The number of amides is 1. The summed E-state index contributed by atoms with van der Waals surface area (Å²) in [6.45, 7) is 0.700. The van der Waals surface area contributed by atoms with Crippen molar-refractivity contribution in [2.75, 3.05) is 25.7 Å². The maximum atomic E-state index is 14.0. The summed E-state index contributed by atoms with van der Waals surface area (Å²) in [6.07, 6.45) is 0.818. The van der Waals surface area contributed by atoms with E-state index in [4.69, 9.17) is 9.47 Å². The van der Waals surface area contributed by atoms with Gasteiger partial charge in [0.2, 0.25) is 0 Å². The van der Waals surface area contributed by atoms with Crippen molar-refractivity contribution in [3.63, 3.8) is 0 Å². The molecule has 2 heterocycles. The molecule has 2 aliphatic heterocycles. The van der Waals surface area contributed by atoms with E-state index in [0.717, 1.165) is 34.5 Å². The van der Waals surface area contributed by atoms with Gasteiger partial charge in [0.25, 0.3) is 5.91 Å². The van der Waals surface area contributed by atoms with Gasteiger partial charge in [0.05, 0.1) is 19.9 Å². The molecule has 1 amide bonds. The van der Waals surface area contributed by atoms with Crippen LogP contribution in [0.3, 0.4) is 0 Å². The summed E-state index contributed by atoms with van der Waals surface area (Å²) in [7, 11) is 3.25. The SMILES string of the molecule is COc1cc2c(cc1OC)C1(NCC2)C(=O)N(c2ccccc2)c2ccccc21. The van der Waals surface area contributed by atoms with Crippen LogP contribution in [-0.4, -0.2) is 26.7 Å². The van der Waals surface area contributed by atoms with Gasteiger partial charge in [0.15, 0.2) is 17.0 Å². The fraction of sp³-hybridized carbons (Fsp3) is 0.208. The highest BCUT2D eigenvalue weighted by molar-refractivity contribution is 6.15. The summed E-state index contributed by atoms with van der Waals surface area (Å²) in [5.41, 5.74) is 3.80. The number of rotatable bonds is 3. The lowest BCUT2D eigenvalue weighted by atomic mass is 9.78. The van der Waals surface area contributed by atoms with E-state index in [1.54, 1.807) is 14.2 Å². The lowest BCUT2D eigenvalue weighted by Gasteiger charge is -2.36. The van der Waals surface area contributed by atoms with Crippen LogP contribution in [0.15, 0.2) is 66.7 Å². The molecule has 5 nitrogen and oxygen atoms in total. The van der Waals surface area contributed by atoms with Crippen LogP contribution in [0.1, 0.15) is 16.7 Å². The number of fused-ring (bicyclic) bond motifs is 4. The first-order valence-electron chi connectivity index (χ1n) is 9.70. The third-order valence-corrected chi connectivity index (χ3v) is 5.89. The number of hydrogen-bond donors (Lipinski definition) is 1. The Hall–Kier alpha value is -3.31. The molecule has 0 bridgehead atoms. The molecule has 146 valence electrons. The Balaban J connectivity index is 1.78. The summed E-state index contributed by atoms with van der Waals surface area (Å²) in [5.74, 6) is 1.30. The van der Waals surface area contributed by atoms with E-state index in [0.29, 0.717) is 18.0 Å². The number of hydrogen-bond acceptors (Lipinski definition) is 4. The normalized spacial score (nSPS) is 19.8. The van der Waals surface area contributed by atoms with Crippen molar-refractivity contribution in [3.05, 3.63) is 83.4 Å². The molecule has 1 unspecified atom stereocenters. The van der Waals surface area contributed by atoms with Crippen molar-refractivity contribution in [1.82, 2.24) is 5.32 Å². The number of carbonyl (C=O) groups excluding carboxylic acids is 1. The van der Waals surface area contributed by atoms with Crippen LogP contribution in [0.4, 0.5) is 11.4 Å². The van der Waals surface area contributed by atoms with Crippen LogP contribution < -0.4 is 19.7 Å². The van der Waals surface area contributed by atoms with Crippen LogP contribution >= 0.6 is 0 Å². The maximum Gasteiger partial charge on any atom is 0.261 e. The Bertz CT molecular complexity index is 1100. The van der Waals surface area contributed by atoms with E-state index in [1.165, 1.54) is 0 Å². The minimum Gasteiger partial charge on any atom is -0.493 e. The molecule has 1 N–H and O–H groups in total. The highest BCUT2D eigenvalue weighted by Gasteiger charge is 2.54. The largest absolute Gasteiger partial charge is 0.493 e. The van der Waals surface area contributed by atoms with Crippen molar-refractivity contribution in [2.45, 2.75) is 12.0 Å². The molecule has 0 aromatic heterocycles. The molecular weight excluding hydrogens is 364 g/mol. The number of methoxy groups -OCH3 is 2. The number of ether oxygens (including phenoxy) is 2. The number of anilines is 2. The average molecular weight is 386 g/mol. The Labute approximate surface area is 169 Å². The number of carbonyl (C=O) groups is 1. The van der Waals surface area contributed by atoms with Gasteiger partial charge in [0, 0.05) is 17.8 Å². The fourth-order valence-corrected chi connectivity index (χ4v) is 4.60. The number of nitrogens with one attached hydrogen (secondary N) is 1. The highest BCUT2D eigenvalue weighted by Crippen LogP contribution is 2.50. The molecule has 0 fully saturated rings. The molecule has 0 saturated heterocycles. The van der Waals surface area contributed by atoms with Crippen LogP contribution in [0, 0.1) is 0 Å². The zero-order valence-corrected chi connectivity index (χ0v) is 16.4. The van der Waals surface area contributed by atoms with E-state index in [9.17, 15) is 4.79 Å². The van der Waals surface area contributed by atoms with Gasteiger partial charge in [-0.05, 0) is 47.9 Å². The molecule has 1 atom stereocenters. The topological polar surface area (TPSA) is 50.8 Å². The van der Waals surface area contributed by atoms with E-state index in [2.05, 4.69) is 5.32 Å². The zero-order valence-electron chi connectivity index (χ0n) is 16.4. The average Bonchev–Trinajstić information content (AvgIpc) is 3.02. The predicted molar refractivity (Wildman–Crippen MR) is 112 cm³/mol. The molecule has 0 aliphatic carbocycles. The summed E-state index contributed by atoms with van der Waals surface area (Å²) in [4.78, 5) is 15.9. The maximum absolute atomic E-state index is 14.0. The van der Waals surface area contributed by atoms with Crippen molar-refractivity contribution in [3.8, 4) is 11.5 Å². The standard InChI is InChI=1S/C24H22N2O3/c1-28-21-14-16-12-13-25-24(19(16)15-22(21)29-2)18-10-6-7-11-20(18)26(23(24)27)17-8-4-3-5-9-17/h3-11,14-15,25H,12-13H2,1-2H3. The second-order valence-corrected chi connectivity index (χ2v) is 7.28. The first-order chi connectivity index (χ1) is 14.2. The van der Waals surface area contributed by atoms with E-state index in [-0.39, 0.29) is 5.91 Å². The summed E-state index contributed by atoms with van der Waals surface area (Å²) in [5, 5.41) is 3.56. The summed E-state index contributed by atoms with van der Waals surface area (Å²) in [6, 6.07) is 21.7. The van der Waals surface area contributed by atoms with Crippen molar-refractivity contribution in [1.29, 1.82) is 0 Å². The first-order valence-corrected chi connectivity index (χ1v) is 9.70. The van der Waals surface area contributed by atoms with Crippen LogP contribution in [0.5, 0.6) is 11.5 Å². The van der Waals surface area contributed by atoms with Gasteiger partial charge in [-0.2, -0.15) is 0 Å².